The van der Waals surface area contributed by atoms with Crippen molar-refractivity contribution in [3.8, 4) is 0 Å². The van der Waals surface area contributed by atoms with Gasteiger partial charge in [-0.05, 0) is 37.5 Å². The predicted molar refractivity (Wildman–Crippen MR) is 133 cm³/mol. The van der Waals surface area contributed by atoms with Gasteiger partial charge in [0, 0.05) is 24.1 Å². The molecule has 9 heteroatoms. The summed E-state index contributed by atoms with van der Waals surface area (Å²) in [5, 5.41) is 17.3. The molecule has 1 aliphatic rings. The number of carbonyl (C=O) groups is 1. The summed E-state index contributed by atoms with van der Waals surface area (Å²) in [6.07, 6.45) is 2.32. The van der Waals surface area contributed by atoms with Crippen LogP contribution in [0, 0.1) is 6.92 Å². The number of hydrogen-bond donors (Lipinski definition) is 4. The fourth-order valence-electron chi connectivity index (χ4n) is 3.58. The Morgan fingerprint density at radius 2 is 1.82 bits per heavy atom. The van der Waals surface area contributed by atoms with Gasteiger partial charge in [0.05, 0.1) is 16.4 Å². The maximum atomic E-state index is 13.1. The molecule has 1 fully saturated rings. The van der Waals surface area contributed by atoms with Crippen molar-refractivity contribution >= 4 is 40.8 Å². The quantitative estimate of drug-likeness (QED) is 0.271. The molecule has 0 unspecified atom stereocenters. The minimum absolute atomic E-state index is 0.257. The average Bonchev–Trinajstić information content (AvgIpc) is 3.60. The van der Waals surface area contributed by atoms with Crippen LogP contribution in [0.2, 0.25) is 5.02 Å². The number of H-pyrrole nitrogens is 1. The van der Waals surface area contributed by atoms with Crippen LogP contribution in [0.25, 0.3) is 0 Å². The lowest BCUT2D eigenvalue weighted by atomic mass is 10.2. The third-order valence-electron chi connectivity index (χ3n) is 5.62. The Morgan fingerprint density at radius 1 is 1.06 bits per heavy atom. The number of hydrogen-bond acceptors (Lipinski definition) is 6. The van der Waals surface area contributed by atoms with Gasteiger partial charge in [-0.25, -0.2) is 4.98 Å². The Hall–Kier alpha value is -3.91. The first-order valence-electron chi connectivity index (χ1n) is 11.1. The smallest absolute Gasteiger partial charge is 0.270 e. The minimum Gasteiger partial charge on any atom is -0.347 e. The minimum atomic E-state index is -0.294. The van der Waals surface area contributed by atoms with Crippen molar-refractivity contribution < 1.29 is 4.79 Å². The highest BCUT2D eigenvalue weighted by molar-refractivity contribution is 6.33. The molecule has 8 nitrogen and oxygen atoms in total. The molecule has 0 spiro atoms. The molecule has 2 aromatic heterocycles. The molecule has 1 amide bonds. The number of amides is 1. The zero-order chi connectivity index (χ0) is 23.5. The Balaban J connectivity index is 1.44. The molecular weight excluding hydrogens is 450 g/mol. The molecular formula is C25H24ClN7O. The average molecular weight is 474 g/mol. The van der Waals surface area contributed by atoms with E-state index in [-0.39, 0.29) is 17.5 Å². The second-order valence-corrected chi connectivity index (χ2v) is 8.66. The van der Waals surface area contributed by atoms with Crippen molar-refractivity contribution in [2.75, 3.05) is 10.6 Å². The largest absolute Gasteiger partial charge is 0.347 e. The number of anilines is 4. The third-order valence-corrected chi connectivity index (χ3v) is 5.95. The topological polar surface area (TPSA) is 108 Å². The number of para-hydroxylation sites is 1. The van der Waals surface area contributed by atoms with E-state index in [1.54, 1.807) is 6.07 Å². The molecule has 0 atom stereocenters. The number of benzene rings is 2. The second kappa shape index (κ2) is 9.52. The SMILES string of the molecule is Cc1c(Nc2cc(C3CC3)n[nH]2)nc(Nc2ccccc2Cl)nc1C(=O)NCc1ccccc1. The van der Waals surface area contributed by atoms with Gasteiger partial charge in [-0.2, -0.15) is 10.1 Å². The van der Waals surface area contributed by atoms with E-state index in [1.807, 2.05) is 61.5 Å². The first-order chi connectivity index (χ1) is 16.6. The van der Waals surface area contributed by atoms with Crippen LogP contribution in [0.4, 0.5) is 23.3 Å². The van der Waals surface area contributed by atoms with Crippen molar-refractivity contribution in [1.82, 2.24) is 25.5 Å². The summed E-state index contributed by atoms with van der Waals surface area (Å²) >= 11 is 6.31. The maximum Gasteiger partial charge on any atom is 0.270 e. The van der Waals surface area contributed by atoms with Crippen LogP contribution in [0.15, 0.2) is 60.7 Å². The molecule has 1 saturated carbocycles. The summed E-state index contributed by atoms with van der Waals surface area (Å²) in [4.78, 5) is 22.2. The van der Waals surface area contributed by atoms with E-state index in [9.17, 15) is 4.79 Å². The molecule has 0 radical (unpaired) electrons. The first-order valence-corrected chi connectivity index (χ1v) is 11.5. The van der Waals surface area contributed by atoms with E-state index in [4.69, 9.17) is 11.6 Å². The number of rotatable bonds is 8. The Bertz CT molecular complexity index is 1320. The van der Waals surface area contributed by atoms with Crippen LogP contribution in [0.5, 0.6) is 0 Å². The van der Waals surface area contributed by atoms with Gasteiger partial charge in [-0.3, -0.25) is 9.89 Å². The van der Waals surface area contributed by atoms with Gasteiger partial charge in [0.1, 0.15) is 17.3 Å². The lowest BCUT2D eigenvalue weighted by Crippen LogP contribution is -2.25. The van der Waals surface area contributed by atoms with E-state index in [1.165, 1.54) is 0 Å². The Kier molecular flexibility index (Phi) is 6.14. The lowest BCUT2D eigenvalue weighted by Gasteiger charge is -2.15. The first kappa shape index (κ1) is 21.9. The monoisotopic (exact) mass is 473 g/mol. The van der Waals surface area contributed by atoms with Crippen LogP contribution in [-0.4, -0.2) is 26.1 Å². The summed E-state index contributed by atoms with van der Waals surface area (Å²) in [6.45, 7) is 2.21. The summed E-state index contributed by atoms with van der Waals surface area (Å²) in [5.41, 5.74) is 3.57. The molecule has 0 aliphatic heterocycles. The predicted octanol–water partition coefficient (Wildman–Crippen LogP) is 5.46. The van der Waals surface area contributed by atoms with Crippen molar-refractivity contribution in [2.45, 2.75) is 32.2 Å². The highest BCUT2D eigenvalue weighted by Gasteiger charge is 2.26. The van der Waals surface area contributed by atoms with Crippen molar-refractivity contribution in [3.63, 3.8) is 0 Å². The number of nitrogens with zero attached hydrogens (tertiary/aromatic N) is 3. The van der Waals surface area contributed by atoms with Crippen LogP contribution >= 0.6 is 11.6 Å². The van der Waals surface area contributed by atoms with Crippen molar-refractivity contribution in [1.29, 1.82) is 0 Å². The fraction of sp³-hybridized carbons (Fsp3) is 0.200. The van der Waals surface area contributed by atoms with Gasteiger partial charge >= 0.3 is 0 Å². The molecule has 2 heterocycles. The molecule has 4 N–H and O–H groups in total. The molecule has 1 aliphatic carbocycles. The normalized spacial score (nSPS) is 12.9. The van der Waals surface area contributed by atoms with Crippen LogP contribution in [-0.2, 0) is 6.54 Å². The lowest BCUT2D eigenvalue weighted by molar-refractivity contribution is 0.0945. The number of carbonyl (C=O) groups excluding carboxylic acids is 1. The van der Waals surface area contributed by atoms with Crippen LogP contribution in [0.3, 0.4) is 0 Å². The summed E-state index contributed by atoms with van der Waals surface area (Å²) in [6, 6.07) is 19.0. The highest BCUT2D eigenvalue weighted by atomic mass is 35.5. The standard InChI is InChI=1S/C25H24ClN7O/c1-15-22(24(34)27-14-16-7-3-2-4-8-16)30-25(28-19-10-6-5-9-18(19)26)31-23(15)29-21-13-20(32-33-21)17-11-12-17/h2-10,13,17H,11-12,14H2,1H3,(H,27,34)(H3,28,29,30,31,32,33). The zero-order valence-corrected chi connectivity index (χ0v) is 19.4. The number of aromatic nitrogens is 4. The molecule has 34 heavy (non-hydrogen) atoms. The van der Waals surface area contributed by atoms with Gasteiger partial charge in [-0.1, -0.05) is 54.1 Å². The maximum absolute atomic E-state index is 13.1. The molecule has 5 rings (SSSR count). The van der Waals surface area contributed by atoms with E-state index >= 15 is 0 Å². The summed E-state index contributed by atoms with van der Waals surface area (Å²) in [7, 11) is 0. The summed E-state index contributed by atoms with van der Waals surface area (Å²) in [5.74, 6) is 1.70. The molecule has 172 valence electrons. The molecule has 0 saturated heterocycles. The van der Waals surface area contributed by atoms with E-state index < -0.39 is 0 Å². The van der Waals surface area contributed by atoms with Gasteiger partial charge < -0.3 is 16.0 Å². The zero-order valence-electron chi connectivity index (χ0n) is 18.6. The van der Waals surface area contributed by atoms with Gasteiger partial charge in [0.25, 0.3) is 5.91 Å². The Labute approximate surface area is 202 Å². The fourth-order valence-corrected chi connectivity index (χ4v) is 3.76. The number of aromatic amines is 1. The number of halogens is 1. The van der Waals surface area contributed by atoms with Crippen molar-refractivity contribution in [2.24, 2.45) is 0 Å². The van der Waals surface area contributed by atoms with Crippen molar-refractivity contribution in [3.05, 3.63) is 88.2 Å². The molecule has 4 aromatic rings. The van der Waals surface area contributed by atoms with E-state index in [2.05, 4.69) is 36.1 Å². The summed E-state index contributed by atoms with van der Waals surface area (Å²) < 4.78 is 0. The van der Waals surface area contributed by atoms with E-state index in [0.717, 1.165) is 24.1 Å². The van der Waals surface area contributed by atoms with Gasteiger partial charge in [-0.15, -0.1) is 0 Å². The number of nitrogens with one attached hydrogen (secondary N) is 4. The molecule has 0 bridgehead atoms. The highest BCUT2D eigenvalue weighted by Crippen LogP contribution is 2.39. The van der Waals surface area contributed by atoms with Crippen LogP contribution in [0.1, 0.15) is 46.1 Å². The van der Waals surface area contributed by atoms with Crippen LogP contribution < -0.4 is 16.0 Å². The second-order valence-electron chi connectivity index (χ2n) is 8.25. The van der Waals surface area contributed by atoms with Gasteiger partial charge in [0.15, 0.2) is 0 Å². The van der Waals surface area contributed by atoms with Gasteiger partial charge in [0.2, 0.25) is 5.95 Å². The third kappa shape index (κ3) is 5.02. The van der Waals surface area contributed by atoms with E-state index in [0.29, 0.717) is 40.4 Å². The Morgan fingerprint density at radius 3 is 2.59 bits per heavy atom. The molecule has 2 aromatic carbocycles.